The molecule has 250 valence electrons. The number of benzene rings is 4. The summed E-state index contributed by atoms with van der Waals surface area (Å²) < 4.78 is 0. The molecule has 4 aromatic rings. The van der Waals surface area contributed by atoms with E-state index in [2.05, 4.69) is 115 Å². The second-order valence-corrected chi connectivity index (χ2v) is 14.8. The van der Waals surface area contributed by atoms with E-state index < -0.39 is 0 Å². The molecule has 0 spiro atoms. The van der Waals surface area contributed by atoms with Gasteiger partial charge in [-0.3, -0.25) is 4.99 Å². The Balaban J connectivity index is 1.41. The smallest absolute Gasteiger partial charge is 0.0483 e. The van der Waals surface area contributed by atoms with Gasteiger partial charge in [-0.25, -0.2) is 0 Å². The van der Waals surface area contributed by atoms with Crippen molar-refractivity contribution in [2.24, 2.45) is 4.99 Å². The lowest BCUT2D eigenvalue weighted by Crippen LogP contribution is -2.39. The molecule has 47 heavy (non-hydrogen) atoms. The van der Waals surface area contributed by atoms with Crippen LogP contribution in [0.2, 0.25) is 0 Å². The summed E-state index contributed by atoms with van der Waals surface area (Å²) >= 11 is 0. The van der Waals surface area contributed by atoms with Gasteiger partial charge >= 0.3 is 0 Å². The molecule has 2 fully saturated rings. The average Bonchev–Trinajstić information content (AvgIpc) is 3.13. The van der Waals surface area contributed by atoms with E-state index in [9.17, 15) is 0 Å². The van der Waals surface area contributed by atoms with Crippen molar-refractivity contribution in [3.63, 3.8) is 0 Å². The van der Waals surface area contributed by atoms with Crippen molar-refractivity contribution in [3.05, 3.63) is 96.1 Å². The zero-order valence-electron chi connectivity index (χ0n) is 29.4. The summed E-state index contributed by atoms with van der Waals surface area (Å²) in [6.45, 7) is 12.9. The Morgan fingerprint density at radius 1 is 0.553 bits per heavy atom. The fourth-order valence-corrected chi connectivity index (χ4v) is 8.99. The highest BCUT2D eigenvalue weighted by Crippen LogP contribution is 2.40. The first-order valence-electron chi connectivity index (χ1n) is 19.1. The molecule has 0 aromatic heterocycles. The van der Waals surface area contributed by atoms with Gasteiger partial charge in [-0.05, 0) is 123 Å². The Kier molecular flexibility index (Phi) is 11.8. The van der Waals surface area contributed by atoms with Crippen LogP contribution in [0, 0.1) is 0 Å². The third-order valence-electron chi connectivity index (χ3n) is 11.5. The Morgan fingerprint density at radius 3 is 1.66 bits per heavy atom. The number of aliphatic imine (C=N–C) groups is 1. The Hall–Kier alpha value is -3.01. The first kappa shape index (κ1) is 33.9. The van der Waals surface area contributed by atoms with Crippen LogP contribution in [0.25, 0.3) is 21.5 Å². The van der Waals surface area contributed by atoms with E-state index in [1.807, 2.05) is 0 Å². The van der Waals surface area contributed by atoms with Gasteiger partial charge in [0.25, 0.3) is 0 Å². The molecule has 0 aliphatic carbocycles. The van der Waals surface area contributed by atoms with Gasteiger partial charge in [0.2, 0.25) is 0 Å². The summed E-state index contributed by atoms with van der Waals surface area (Å²) in [6, 6.07) is 32.1. The maximum absolute atomic E-state index is 5.69. The molecule has 3 nitrogen and oxygen atoms in total. The van der Waals surface area contributed by atoms with Crippen molar-refractivity contribution in [2.45, 2.75) is 102 Å². The number of hydrogen-bond donors (Lipinski definition) is 0. The molecule has 2 unspecified atom stereocenters. The van der Waals surface area contributed by atoms with Crippen molar-refractivity contribution in [2.75, 3.05) is 45.8 Å². The number of piperidine rings is 2. The summed E-state index contributed by atoms with van der Waals surface area (Å²) in [6.07, 6.45) is 17.5. The number of nitrogens with zero attached hydrogens (tertiary/aromatic N) is 3. The van der Waals surface area contributed by atoms with E-state index in [-0.39, 0.29) is 10.8 Å². The Morgan fingerprint density at radius 2 is 1.06 bits per heavy atom. The van der Waals surface area contributed by atoms with Crippen LogP contribution in [0.15, 0.2) is 89.9 Å². The van der Waals surface area contributed by atoms with Crippen molar-refractivity contribution >= 4 is 27.8 Å². The summed E-state index contributed by atoms with van der Waals surface area (Å²) in [5, 5.41) is 5.50. The molecule has 3 heteroatoms. The number of fused-ring (bicyclic) bond motifs is 2. The van der Waals surface area contributed by atoms with Crippen LogP contribution >= 0.6 is 0 Å². The maximum Gasteiger partial charge on any atom is 0.0483 e. The highest BCUT2D eigenvalue weighted by Gasteiger charge is 2.36. The molecule has 0 bridgehead atoms. The highest BCUT2D eigenvalue weighted by atomic mass is 15.1. The maximum atomic E-state index is 5.69. The highest BCUT2D eigenvalue weighted by molar-refractivity contribution is 5.91. The summed E-state index contributed by atoms with van der Waals surface area (Å²) in [4.78, 5) is 11.1. The van der Waals surface area contributed by atoms with E-state index in [0.29, 0.717) is 0 Å². The number of hydrogen-bond acceptors (Lipinski definition) is 3. The topological polar surface area (TPSA) is 18.8 Å². The standard InChI is InChI=1S/C44H59N3/c1-3-25-43(27-33-46-29-11-5-12-30-46,41-23-15-19-37-17-7-9-21-39(37)41)35-45-36-44(26-4-2,28-34-47-31-13-6-14-32-47)42-24-16-20-38-18-8-10-22-40(38)42/h7-10,15-24,35H,3-6,11-14,25-34,36H2,1-2H3. The minimum atomic E-state index is -0.0867. The fraction of sp³-hybridized carbons (Fsp3) is 0.523. The van der Waals surface area contributed by atoms with Crippen LogP contribution in [0.1, 0.15) is 102 Å². The Bertz CT molecular complexity index is 1570. The van der Waals surface area contributed by atoms with Gasteiger partial charge in [-0.1, -0.05) is 124 Å². The first-order chi connectivity index (χ1) is 23.2. The predicted octanol–water partition coefficient (Wildman–Crippen LogP) is 10.6. The predicted molar refractivity (Wildman–Crippen MR) is 204 cm³/mol. The summed E-state index contributed by atoms with van der Waals surface area (Å²) in [5.74, 6) is 0. The SMILES string of the molecule is CCCC(C=NCC(CCC)(CCN1CCCCC1)c1cccc2ccccc12)(CCN1CCCCC1)c1cccc2ccccc12. The van der Waals surface area contributed by atoms with Gasteiger partial charge < -0.3 is 9.80 Å². The monoisotopic (exact) mass is 629 g/mol. The quantitative estimate of drug-likeness (QED) is 0.122. The van der Waals surface area contributed by atoms with Gasteiger partial charge in [0.1, 0.15) is 0 Å². The average molecular weight is 630 g/mol. The molecule has 0 N–H and O–H groups in total. The van der Waals surface area contributed by atoms with E-state index in [1.54, 1.807) is 0 Å². The van der Waals surface area contributed by atoms with Gasteiger partial charge in [0.15, 0.2) is 0 Å². The molecule has 2 aliphatic rings. The van der Waals surface area contributed by atoms with Crippen molar-refractivity contribution < 1.29 is 0 Å². The van der Waals surface area contributed by atoms with Gasteiger partial charge in [-0.15, -0.1) is 0 Å². The fourth-order valence-electron chi connectivity index (χ4n) is 8.99. The van der Waals surface area contributed by atoms with Crippen LogP contribution < -0.4 is 0 Å². The van der Waals surface area contributed by atoms with Gasteiger partial charge in [0, 0.05) is 23.6 Å². The molecule has 2 aliphatic heterocycles. The molecular formula is C44H59N3. The molecule has 4 aromatic carbocycles. The molecule has 2 heterocycles. The van der Waals surface area contributed by atoms with E-state index in [4.69, 9.17) is 4.99 Å². The molecule has 0 saturated carbocycles. The molecule has 0 radical (unpaired) electrons. The normalized spacial score (nSPS) is 19.3. The van der Waals surface area contributed by atoms with Crippen LogP contribution in [0.3, 0.4) is 0 Å². The summed E-state index contributed by atoms with van der Waals surface area (Å²) in [7, 11) is 0. The molecular weight excluding hydrogens is 571 g/mol. The van der Waals surface area contributed by atoms with Crippen LogP contribution in [0.4, 0.5) is 0 Å². The van der Waals surface area contributed by atoms with Crippen molar-refractivity contribution in [1.29, 1.82) is 0 Å². The van der Waals surface area contributed by atoms with Crippen LogP contribution in [-0.2, 0) is 10.8 Å². The third kappa shape index (κ3) is 8.01. The second-order valence-electron chi connectivity index (χ2n) is 14.8. The second kappa shape index (κ2) is 16.4. The van der Waals surface area contributed by atoms with Crippen LogP contribution in [-0.4, -0.2) is 61.8 Å². The van der Waals surface area contributed by atoms with E-state index in [1.165, 1.54) is 97.4 Å². The van der Waals surface area contributed by atoms with Gasteiger partial charge in [-0.2, -0.15) is 0 Å². The summed E-state index contributed by atoms with van der Waals surface area (Å²) in [5.41, 5.74) is 2.90. The zero-order valence-corrected chi connectivity index (χ0v) is 29.4. The van der Waals surface area contributed by atoms with Crippen molar-refractivity contribution in [1.82, 2.24) is 9.80 Å². The number of likely N-dealkylation sites (tertiary alicyclic amines) is 2. The van der Waals surface area contributed by atoms with Gasteiger partial charge in [0.05, 0.1) is 0 Å². The molecule has 0 amide bonds. The number of rotatable bonds is 15. The lowest BCUT2D eigenvalue weighted by molar-refractivity contribution is 0.200. The first-order valence-corrected chi connectivity index (χ1v) is 19.1. The lowest BCUT2D eigenvalue weighted by atomic mass is 9.71. The largest absolute Gasteiger partial charge is 0.303 e. The van der Waals surface area contributed by atoms with E-state index >= 15 is 0 Å². The van der Waals surface area contributed by atoms with E-state index in [0.717, 1.165) is 58.2 Å². The van der Waals surface area contributed by atoms with Crippen LogP contribution in [0.5, 0.6) is 0 Å². The third-order valence-corrected chi connectivity index (χ3v) is 11.5. The minimum Gasteiger partial charge on any atom is -0.303 e. The Labute approximate surface area is 285 Å². The molecule has 2 saturated heterocycles. The van der Waals surface area contributed by atoms with Crippen molar-refractivity contribution in [3.8, 4) is 0 Å². The molecule has 2 atom stereocenters. The molecule has 6 rings (SSSR count). The zero-order chi connectivity index (χ0) is 32.4. The minimum absolute atomic E-state index is 0.00708. The lowest BCUT2D eigenvalue weighted by Gasteiger charge is -2.38.